The molecule has 2 aromatic rings. The summed E-state index contributed by atoms with van der Waals surface area (Å²) in [7, 11) is 1.56. The van der Waals surface area contributed by atoms with Crippen molar-refractivity contribution in [3.8, 4) is 11.5 Å². The fourth-order valence-corrected chi connectivity index (χ4v) is 2.65. The van der Waals surface area contributed by atoms with Crippen molar-refractivity contribution in [1.82, 2.24) is 0 Å². The fourth-order valence-electron chi connectivity index (χ4n) is 2.39. The third-order valence-electron chi connectivity index (χ3n) is 3.46. The van der Waals surface area contributed by atoms with Gasteiger partial charge in [0.15, 0.2) is 5.78 Å². The van der Waals surface area contributed by atoms with E-state index in [-0.39, 0.29) is 11.7 Å². The van der Waals surface area contributed by atoms with Crippen LogP contribution in [0, 0.1) is 0 Å². The van der Waals surface area contributed by atoms with Crippen LogP contribution in [-0.2, 0) is 0 Å². The Labute approximate surface area is 122 Å². The normalized spacial score (nSPS) is 16.4. The molecule has 0 saturated carbocycles. The number of hydrogen-bond acceptors (Lipinski definition) is 3. The minimum Gasteiger partial charge on any atom is -0.497 e. The third-order valence-corrected chi connectivity index (χ3v) is 3.77. The van der Waals surface area contributed by atoms with Crippen LogP contribution < -0.4 is 9.47 Å². The molecule has 3 rings (SSSR count). The molecule has 0 amide bonds. The first-order valence-electron chi connectivity index (χ1n) is 6.30. The van der Waals surface area contributed by atoms with E-state index in [4.69, 9.17) is 21.1 Å². The largest absolute Gasteiger partial charge is 0.497 e. The molecule has 1 atom stereocenters. The zero-order valence-corrected chi connectivity index (χ0v) is 11.7. The van der Waals surface area contributed by atoms with Gasteiger partial charge in [-0.2, -0.15) is 0 Å². The lowest BCUT2D eigenvalue weighted by Crippen LogP contribution is -2.14. The molecule has 2 aromatic carbocycles. The number of benzene rings is 2. The van der Waals surface area contributed by atoms with E-state index in [9.17, 15) is 4.79 Å². The molecule has 0 spiro atoms. The van der Waals surface area contributed by atoms with Crippen LogP contribution >= 0.6 is 11.6 Å². The van der Waals surface area contributed by atoms with E-state index < -0.39 is 0 Å². The molecule has 0 radical (unpaired) electrons. The smallest absolute Gasteiger partial charge is 0.175 e. The number of methoxy groups -OCH3 is 1. The summed E-state index contributed by atoms with van der Waals surface area (Å²) in [4.78, 5) is 12.6. The SMILES string of the molecule is COc1ccc(C(=O)C2COc3ccccc32)c(Cl)c1. The number of ether oxygens (including phenoxy) is 2. The topological polar surface area (TPSA) is 35.5 Å². The Bertz CT molecular complexity index is 667. The van der Waals surface area contributed by atoms with Crippen molar-refractivity contribution in [2.24, 2.45) is 0 Å². The van der Waals surface area contributed by atoms with Crippen molar-refractivity contribution in [3.05, 3.63) is 58.6 Å². The van der Waals surface area contributed by atoms with Gasteiger partial charge in [0.2, 0.25) is 0 Å². The molecular formula is C16H13ClO3. The maximum Gasteiger partial charge on any atom is 0.175 e. The van der Waals surface area contributed by atoms with Crippen LogP contribution in [0.5, 0.6) is 11.5 Å². The number of rotatable bonds is 3. The van der Waals surface area contributed by atoms with Gasteiger partial charge in [0.05, 0.1) is 18.1 Å². The van der Waals surface area contributed by atoms with Crippen LogP contribution in [0.4, 0.5) is 0 Å². The van der Waals surface area contributed by atoms with Crippen molar-refractivity contribution in [1.29, 1.82) is 0 Å². The summed E-state index contributed by atoms with van der Waals surface area (Å²) in [5.41, 5.74) is 1.42. The molecule has 1 heterocycles. The van der Waals surface area contributed by atoms with Gasteiger partial charge in [0.1, 0.15) is 18.1 Å². The predicted octanol–water partition coefficient (Wildman–Crippen LogP) is 3.71. The van der Waals surface area contributed by atoms with Crippen LogP contribution in [0.15, 0.2) is 42.5 Å². The highest BCUT2D eigenvalue weighted by atomic mass is 35.5. The van der Waals surface area contributed by atoms with Crippen molar-refractivity contribution < 1.29 is 14.3 Å². The number of para-hydroxylation sites is 1. The summed E-state index contributed by atoms with van der Waals surface area (Å²) in [6, 6.07) is 12.7. The van der Waals surface area contributed by atoms with Gasteiger partial charge < -0.3 is 9.47 Å². The van der Waals surface area contributed by atoms with Crippen molar-refractivity contribution in [2.45, 2.75) is 5.92 Å². The lowest BCUT2D eigenvalue weighted by molar-refractivity contribution is 0.0947. The molecule has 0 saturated heterocycles. The molecule has 20 heavy (non-hydrogen) atoms. The van der Waals surface area contributed by atoms with Crippen molar-refractivity contribution in [3.63, 3.8) is 0 Å². The minimum absolute atomic E-state index is 0.0254. The van der Waals surface area contributed by atoms with E-state index in [1.165, 1.54) is 0 Å². The maximum atomic E-state index is 12.6. The molecule has 4 heteroatoms. The Morgan fingerprint density at radius 1 is 1.30 bits per heavy atom. The van der Waals surface area contributed by atoms with Gasteiger partial charge in [-0.25, -0.2) is 0 Å². The van der Waals surface area contributed by atoms with Gasteiger partial charge in [0, 0.05) is 11.1 Å². The Morgan fingerprint density at radius 3 is 2.85 bits per heavy atom. The number of fused-ring (bicyclic) bond motifs is 1. The Morgan fingerprint density at radius 2 is 2.10 bits per heavy atom. The maximum absolute atomic E-state index is 12.6. The molecule has 1 aliphatic rings. The summed E-state index contributed by atoms with van der Waals surface area (Å²) >= 11 is 6.17. The number of carbonyl (C=O) groups excluding carboxylic acids is 1. The molecule has 3 nitrogen and oxygen atoms in total. The van der Waals surface area contributed by atoms with Crippen LogP contribution in [-0.4, -0.2) is 19.5 Å². The number of hydrogen-bond donors (Lipinski definition) is 0. The van der Waals surface area contributed by atoms with Crippen LogP contribution in [0.1, 0.15) is 21.8 Å². The fraction of sp³-hybridized carbons (Fsp3) is 0.188. The molecule has 0 aromatic heterocycles. The molecule has 0 aliphatic carbocycles. The second-order valence-electron chi connectivity index (χ2n) is 4.61. The quantitative estimate of drug-likeness (QED) is 0.808. The van der Waals surface area contributed by atoms with Gasteiger partial charge in [-0.3, -0.25) is 4.79 Å². The third kappa shape index (κ3) is 2.14. The van der Waals surface area contributed by atoms with E-state index >= 15 is 0 Å². The number of carbonyl (C=O) groups is 1. The number of ketones is 1. The number of Topliss-reactive ketones (excluding diaryl/α,β-unsaturated/α-hetero) is 1. The van der Waals surface area contributed by atoms with Gasteiger partial charge in [-0.1, -0.05) is 29.8 Å². The first kappa shape index (κ1) is 13.0. The Balaban J connectivity index is 1.95. The zero-order chi connectivity index (χ0) is 14.1. The summed E-state index contributed by atoms with van der Waals surface area (Å²) in [6.45, 7) is 0.362. The molecule has 1 aliphatic heterocycles. The lowest BCUT2D eigenvalue weighted by Gasteiger charge is -2.10. The summed E-state index contributed by atoms with van der Waals surface area (Å²) in [6.07, 6.45) is 0. The molecular weight excluding hydrogens is 276 g/mol. The minimum atomic E-state index is -0.294. The number of halogens is 1. The molecule has 102 valence electrons. The summed E-state index contributed by atoms with van der Waals surface area (Å²) < 4.78 is 10.6. The summed E-state index contributed by atoms with van der Waals surface area (Å²) in [5, 5.41) is 0.402. The highest BCUT2D eigenvalue weighted by Gasteiger charge is 2.31. The van der Waals surface area contributed by atoms with Crippen LogP contribution in [0.25, 0.3) is 0 Å². The van der Waals surface area contributed by atoms with E-state index in [0.717, 1.165) is 11.3 Å². The Kier molecular flexibility index (Phi) is 3.36. The van der Waals surface area contributed by atoms with Crippen LogP contribution in [0.2, 0.25) is 5.02 Å². The highest BCUT2D eigenvalue weighted by Crippen LogP contribution is 2.37. The van der Waals surface area contributed by atoms with Gasteiger partial charge in [0.25, 0.3) is 0 Å². The first-order chi connectivity index (χ1) is 9.70. The van der Waals surface area contributed by atoms with E-state index in [0.29, 0.717) is 22.9 Å². The van der Waals surface area contributed by atoms with Gasteiger partial charge >= 0.3 is 0 Å². The average Bonchev–Trinajstić information content (AvgIpc) is 2.90. The average molecular weight is 289 g/mol. The monoisotopic (exact) mass is 288 g/mol. The van der Waals surface area contributed by atoms with E-state index in [1.54, 1.807) is 25.3 Å². The molecule has 0 fully saturated rings. The first-order valence-corrected chi connectivity index (χ1v) is 6.68. The second-order valence-corrected chi connectivity index (χ2v) is 5.02. The predicted molar refractivity (Wildman–Crippen MR) is 77.0 cm³/mol. The lowest BCUT2D eigenvalue weighted by atomic mass is 9.92. The van der Waals surface area contributed by atoms with Gasteiger partial charge in [-0.05, 0) is 24.3 Å². The molecule has 0 bridgehead atoms. The highest BCUT2D eigenvalue weighted by molar-refractivity contribution is 6.34. The van der Waals surface area contributed by atoms with E-state index in [2.05, 4.69) is 0 Å². The molecule has 0 N–H and O–H groups in total. The van der Waals surface area contributed by atoms with Crippen molar-refractivity contribution in [2.75, 3.05) is 13.7 Å². The van der Waals surface area contributed by atoms with Crippen LogP contribution in [0.3, 0.4) is 0 Å². The second kappa shape index (κ2) is 5.17. The van der Waals surface area contributed by atoms with Gasteiger partial charge in [-0.15, -0.1) is 0 Å². The standard InChI is InChI=1S/C16H13ClO3/c1-19-10-6-7-12(14(17)8-10)16(18)13-9-20-15-5-3-2-4-11(13)15/h2-8,13H,9H2,1H3. The Hall–Kier alpha value is -2.00. The van der Waals surface area contributed by atoms with Crippen molar-refractivity contribution >= 4 is 17.4 Å². The molecule has 1 unspecified atom stereocenters. The van der Waals surface area contributed by atoms with E-state index in [1.807, 2.05) is 24.3 Å². The zero-order valence-electron chi connectivity index (χ0n) is 10.9. The summed E-state index contributed by atoms with van der Waals surface area (Å²) in [5.74, 6) is 1.09.